The first kappa shape index (κ1) is 54.9. The first-order valence-electron chi connectivity index (χ1n) is 24.9. The summed E-state index contributed by atoms with van der Waals surface area (Å²) >= 11 is 0. The number of hydrogen-bond donors (Lipinski definition) is 6. The number of aliphatic hydroxyl groups excluding tert-OH is 5. The summed E-state index contributed by atoms with van der Waals surface area (Å²) in [6.45, 7) is 3.80. The second-order valence-corrected chi connectivity index (χ2v) is 17.6. The molecule has 0 aromatic heterocycles. The second kappa shape index (κ2) is 40.0. The van der Waals surface area contributed by atoms with Crippen LogP contribution in [-0.2, 0) is 14.3 Å². The van der Waals surface area contributed by atoms with Crippen molar-refractivity contribution in [1.82, 2.24) is 5.32 Å². The molecule has 0 aliphatic carbocycles. The van der Waals surface area contributed by atoms with Gasteiger partial charge in [-0.15, -0.1) is 0 Å². The van der Waals surface area contributed by atoms with Gasteiger partial charge >= 0.3 is 0 Å². The van der Waals surface area contributed by atoms with Crippen molar-refractivity contribution in [2.75, 3.05) is 13.2 Å². The Morgan fingerprint density at radius 3 is 1.34 bits per heavy atom. The zero-order valence-electron chi connectivity index (χ0n) is 37.8. The van der Waals surface area contributed by atoms with Gasteiger partial charge in [-0.1, -0.05) is 225 Å². The molecule has 344 valence electrons. The molecule has 1 aliphatic heterocycles. The van der Waals surface area contributed by atoms with Crippen LogP contribution < -0.4 is 5.32 Å². The standard InChI is InChI=1S/C49H95NO8/c1-3-5-7-9-11-13-15-17-19-21-23-24-26-28-30-32-34-36-38-43(52)42(41-57-49-48(56)47(55)46(54)44(40-51)58-49)50-45(53)39-37-35-33-31-29-27-25-22-20-18-16-14-12-10-8-6-4-2/h36,38,42-44,46-49,51-52,54-56H,3-35,37,39-41H2,1-2H3,(H,50,53)/b38-36+. The molecule has 1 saturated heterocycles. The minimum absolute atomic E-state index is 0.173. The highest BCUT2D eigenvalue weighted by molar-refractivity contribution is 5.76. The van der Waals surface area contributed by atoms with Crippen molar-refractivity contribution in [1.29, 1.82) is 0 Å². The van der Waals surface area contributed by atoms with E-state index in [1.54, 1.807) is 6.08 Å². The van der Waals surface area contributed by atoms with E-state index in [-0.39, 0.29) is 12.5 Å². The summed E-state index contributed by atoms with van der Waals surface area (Å²) in [5, 5.41) is 54.3. The topological polar surface area (TPSA) is 149 Å². The quantitative estimate of drug-likeness (QED) is 0.0263. The number of carbonyl (C=O) groups excluding carboxylic acids is 1. The van der Waals surface area contributed by atoms with Crippen molar-refractivity contribution >= 4 is 5.91 Å². The number of ether oxygens (including phenoxy) is 2. The third-order valence-corrected chi connectivity index (χ3v) is 12.1. The number of amides is 1. The second-order valence-electron chi connectivity index (χ2n) is 17.6. The van der Waals surface area contributed by atoms with Gasteiger partial charge in [0.25, 0.3) is 0 Å². The monoisotopic (exact) mass is 826 g/mol. The lowest BCUT2D eigenvalue weighted by atomic mass is 9.99. The van der Waals surface area contributed by atoms with Crippen LogP contribution in [0.15, 0.2) is 12.2 Å². The lowest BCUT2D eigenvalue weighted by Gasteiger charge is -2.40. The average molecular weight is 826 g/mol. The molecule has 7 unspecified atom stereocenters. The fourth-order valence-corrected chi connectivity index (χ4v) is 8.10. The van der Waals surface area contributed by atoms with Gasteiger partial charge in [0.1, 0.15) is 24.4 Å². The van der Waals surface area contributed by atoms with E-state index in [1.165, 1.54) is 180 Å². The van der Waals surface area contributed by atoms with E-state index < -0.39 is 49.5 Å². The van der Waals surface area contributed by atoms with Crippen molar-refractivity contribution in [3.05, 3.63) is 12.2 Å². The molecule has 0 saturated carbocycles. The summed E-state index contributed by atoms with van der Waals surface area (Å²) in [7, 11) is 0. The average Bonchev–Trinajstić information content (AvgIpc) is 3.22. The van der Waals surface area contributed by atoms with Gasteiger partial charge in [0, 0.05) is 6.42 Å². The van der Waals surface area contributed by atoms with Gasteiger partial charge in [0.15, 0.2) is 6.29 Å². The van der Waals surface area contributed by atoms with Crippen LogP contribution >= 0.6 is 0 Å². The van der Waals surface area contributed by atoms with Gasteiger partial charge in [-0.25, -0.2) is 0 Å². The number of carbonyl (C=O) groups is 1. The molecule has 9 nitrogen and oxygen atoms in total. The van der Waals surface area contributed by atoms with E-state index in [9.17, 15) is 30.3 Å². The summed E-state index contributed by atoms with van der Waals surface area (Å²) < 4.78 is 11.2. The predicted molar refractivity (Wildman–Crippen MR) is 240 cm³/mol. The number of allylic oxidation sites excluding steroid dienone is 1. The van der Waals surface area contributed by atoms with Crippen LogP contribution in [0.5, 0.6) is 0 Å². The molecule has 9 heteroatoms. The summed E-state index contributed by atoms with van der Waals surface area (Å²) in [6.07, 6.45) is 39.7. The van der Waals surface area contributed by atoms with Crippen LogP contribution in [0.1, 0.15) is 239 Å². The number of hydrogen-bond acceptors (Lipinski definition) is 8. The van der Waals surface area contributed by atoms with Crippen LogP contribution in [0.3, 0.4) is 0 Å². The van der Waals surface area contributed by atoms with E-state index in [4.69, 9.17) is 9.47 Å². The summed E-state index contributed by atoms with van der Waals surface area (Å²) in [5.74, 6) is -0.173. The van der Waals surface area contributed by atoms with Crippen molar-refractivity contribution in [2.45, 2.75) is 281 Å². The lowest BCUT2D eigenvalue weighted by molar-refractivity contribution is -0.302. The minimum Gasteiger partial charge on any atom is -0.394 e. The van der Waals surface area contributed by atoms with Crippen molar-refractivity contribution in [3.63, 3.8) is 0 Å². The first-order valence-corrected chi connectivity index (χ1v) is 24.9. The Morgan fingerprint density at radius 1 is 0.569 bits per heavy atom. The zero-order chi connectivity index (χ0) is 42.3. The van der Waals surface area contributed by atoms with E-state index in [2.05, 4.69) is 19.2 Å². The molecule has 1 rings (SSSR count). The van der Waals surface area contributed by atoms with Crippen LogP contribution in [0.2, 0.25) is 0 Å². The highest BCUT2D eigenvalue weighted by Gasteiger charge is 2.44. The molecular formula is C49H95NO8. The third-order valence-electron chi connectivity index (χ3n) is 12.1. The molecule has 0 aromatic carbocycles. The number of nitrogens with one attached hydrogen (secondary N) is 1. The zero-order valence-corrected chi connectivity index (χ0v) is 37.8. The highest BCUT2D eigenvalue weighted by atomic mass is 16.7. The van der Waals surface area contributed by atoms with Gasteiger partial charge in [0.05, 0.1) is 25.4 Å². The van der Waals surface area contributed by atoms with E-state index >= 15 is 0 Å². The normalized spacial score (nSPS) is 20.8. The smallest absolute Gasteiger partial charge is 0.220 e. The van der Waals surface area contributed by atoms with Crippen LogP contribution in [0, 0.1) is 0 Å². The molecule has 1 aliphatic rings. The van der Waals surface area contributed by atoms with Gasteiger partial charge in [0.2, 0.25) is 5.91 Å². The fourth-order valence-electron chi connectivity index (χ4n) is 8.10. The molecule has 58 heavy (non-hydrogen) atoms. The Bertz CT molecular complexity index is 919. The highest BCUT2D eigenvalue weighted by Crippen LogP contribution is 2.23. The van der Waals surface area contributed by atoms with Crippen molar-refractivity contribution in [2.24, 2.45) is 0 Å². The first-order chi connectivity index (χ1) is 28.3. The third kappa shape index (κ3) is 30.0. The van der Waals surface area contributed by atoms with Crippen LogP contribution in [-0.4, -0.2) is 87.5 Å². The molecule has 0 radical (unpaired) electrons. The molecule has 1 amide bonds. The number of unbranched alkanes of at least 4 members (excludes halogenated alkanes) is 32. The predicted octanol–water partition coefficient (Wildman–Crippen LogP) is 10.9. The Balaban J connectivity index is 2.31. The van der Waals surface area contributed by atoms with Gasteiger partial charge in [-0.3, -0.25) is 4.79 Å². The molecule has 6 N–H and O–H groups in total. The molecule has 0 spiro atoms. The van der Waals surface area contributed by atoms with Crippen molar-refractivity contribution in [3.8, 4) is 0 Å². The summed E-state index contributed by atoms with van der Waals surface area (Å²) in [5.41, 5.74) is 0. The number of rotatable bonds is 42. The molecule has 7 atom stereocenters. The largest absolute Gasteiger partial charge is 0.394 e. The maximum atomic E-state index is 13.0. The van der Waals surface area contributed by atoms with Gasteiger partial charge in [-0.2, -0.15) is 0 Å². The Hall–Kier alpha value is -1.07. The summed E-state index contributed by atoms with van der Waals surface area (Å²) in [4.78, 5) is 13.0. The van der Waals surface area contributed by atoms with Crippen LogP contribution in [0.4, 0.5) is 0 Å². The number of aliphatic hydroxyl groups is 5. The van der Waals surface area contributed by atoms with Gasteiger partial charge in [-0.05, 0) is 19.3 Å². The molecule has 0 aromatic rings. The van der Waals surface area contributed by atoms with E-state index in [0.29, 0.717) is 6.42 Å². The SMILES string of the molecule is CCCCCCCCCCCCCCCCCC/C=C/C(O)C(COC1OC(CO)C(O)C(O)C1O)NC(=O)CCCCCCCCCCCCCCCCCCC. The Kier molecular flexibility index (Phi) is 37.9. The Labute approximate surface area is 356 Å². The molecule has 1 heterocycles. The lowest BCUT2D eigenvalue weighted by Crippen LogP contribution is -2.60. The molecular weight excluding hydrogens is 731 g/mol. The maximum absolute atomic E-state index is 13.0. The maximum Gasteiger partial charge on any atom is 0.220 e. The van der Waals surface area contributed by atoms with Gasteiger partial charge < -0.3 is 40.3 Å². The fraction of sp³-hybridized carbons (Fsp3) is 0.939. The minimum atomic E-state index is -1.56. The summed E-state index contributed by atoms with van der Waals surface area (Å²) in [6, 6.07) is -0.798. The van der Waals surface area contributed by atoms with E-state index in [0.717, 1.165) is 38.5 Å². The van der Waals surface area contributed by atoms with Crippen LogP contribution in [0.25, 0.3) is 0 Å². The molecule has 1 fully saturated rings. The Morgan fingerprint density at radius 2 is 0.948 bits per heavy atom. The van der Waals surface area contributed by atoms with Crippen molar-refractivity contribution < 1.29 is 39.8 Å². The van der Waals surface area contributed by atoms with E-state index in [1.807, 2.05) is 6.08 Å². The molecule has 0 bridgehead atoms.